The molecule has 5 nitrogen and oxygen atoms in total. The number of hydrogen-bond donors (Lipinski definition) is 0. The topological polar surface area (TPSA) is 63.5 Å². The number of unbranched alkanes of at least 4 members (excludes halogenated alkanes) is 2. The lowest BCUT2D eigenvalue weighted by Crippen LogP contribution is -2.33. The Morgan fingerprint density at radius 3 is 2.29 bits per heavy atom. The molecule has 0 aliphatic carbocycles. The van der Waals surface area contributed by atoms with Gasteiger partial charge in [-0.25, -0.2) is 0 Å². The summed E-state index contributed by atoms with van der Waals surface area (Å²) in [5.74, 6) is -0.291. The Morgan fingerprint density at radius 1 is 1.24 bits per heavy atom. The molecule has 0 fully saturated rings. The molecule has 0 radical (unpaired) electrons. The molecule has 0 aliphatic heterocycles. The monoisotopic (exact) mass is 312 g/mol. The summed E-state index contributed by atoms with van der Waals surface area (Å²) < 4.78 is 0. The van der Waals surface area contributed by atoms with Gasteiger partial charge in [0.15, 0.2) is 0 Å². The van der Waals surface area contributed by atoms with Crippen molar-refractivity contribution in [2.75, 3.05) is 13.1 Å². The molecule has 0 N–H and O–H groups in total. The third-order valence-electron chi connectivity index (χ3n) is 3.24. The molecule has 6 heteroatoms. The number of hydrogen-bond acceptors (Lipinski definition) is 3. The van der Waals surface area contributed by atoms with Gasteiger partial charge in [0.25, 0.3) is 11.6 Å². The Morgan fingerprint density at radius 2 is 1.81 bits per heavy atom. The molecular weight excluding hydrogens is 292 g/mol. The summed E-state index contributed by atoms with van der Waals surface area (Å²) >= 11 is 5.78. The number of carbonyl (C=O) groups is 1. The molecule has 1 aromatic carbocycles. The number of nitro benzene ring substituents is 1. The molecule has 0 spiro atoms. The first-order valence-corrected chi connectivity index (χ1v) is 7.62. The fourth-order valence-corrected chi connectivity index (χ4v) is 2.19. The van der Waals surface area contributed by atoms with Gasteiger partial charge in [0.05, 0.1) is 4.92 Å². The Hall–Kier alpha value is -1.62. The zero-order valence-electron chi connectivity index (χ0n) is 12.5. The van der Waals surface area contributed by atoms with Crippen LogP contribution in [-0.4, -0.2) is 28.8 Å². The van der Waals surface area contributed by atoms with Crippen molar-refractivity contribution in [3.63, 3.8) is 0 Å². The van der Waals surface area contributed by atoms with Gasteiger partial charge < -0.3 is 4.90 Å². The molecule has 1 rings (SSSR count). The van der Waals surface area contributed by atoms with E-state index in [1.165, 1.54) is 18.2 Å². The molecule has 0 bridgehead atoms. The highest BCUT2D eigenvalue weighted by Gasteiger charge is 2.24. The molecule has 1 aromatic rings. The average Bonchev–Trinajstić information content (AvgIpc) is 2.46. The summed E-state index contributed by atoms with van der Waals surface area (Å²) in [6.07, 6.45) is 3.71. The maximum Gasteiger partial charge on any atom is 0.283 e. The Bertz CT molecular complexity index is 498. The summed E-state index contributed by atoms with van der Waals surface area (Å²) in [6, 6.07) is 4.18. The Kier molecular flexibility index (Phi) is 7.15. The fraction of sp³-hybridized carbons (Fsp3) is 0.533. The lowest BCUT2D eigenvalue weighted by molar-refractivity contribution is -0.385. The van der Waals surface area contributed by atoms with Gasteiger partial charge in [-0.15, -0.1) is 0 Å². The van der Waals surface area contributed by atoms with E-state index in [4.69, 9.17) is 11.6 Å². The van der Waals surface area contributed by atoms with E-state index in [2.05, 4.69) is 0 Å². The van der Waals surface area contributed by atoms with Crippen LogP contribution in [0.2, 0.25) is 5.02 Å². The summed E-state index contributed by atoms with van der Waals surface area (Å²) in [4.78, 5) is 24.8. The summed E-state index contributed by atoms with van der Waals surface area (Å²) in [6.45, 7) is 5.34. The standard InChI is InChI=1S/C15H21ClN2O3/c1-3-5-9-17(10-6-4-2)15(19)13-8-7-12(16)11-14(13)18(20)21/h7-8,11H,3-6,9-10H2,1-2H3. The number of amides is 1. The van der Waals surface area contributed by atoms with E-state index in [1.807, 2.05) is 13.8 Å². The maximum atomic E-state index is 12.6. The molecular formula is C15H21ClN2O3. The van der Waals surface area contributed by atoms with Gasteiger partial charge in [0.1, 0.15) is 5.56 Å². The van der Waals surface area contributed by atoms with E-state index in [1.54, 1.807) is 4.90 Å². The van der Waals surface area contributed by atoms with Crippen LogP contribution in [0.15, 0.2) is 18.2 Å². The van der Waals surface area contributed by atoms with Gasteiger partial charge in [0, 0.05) is 24.2 Å². The molecule has 21 heavy (non-hydrogen) atoms. The van der Waals surface area contributed by atoms with Crippen LogP contribution in [-0.2, 0) is 0 Å². The molecule has 1 amide bonds. The van der Waals surface area contributed by atoms with Crippen LogP contribution in [0.25, 0.3) is 0 Å². The van der Waals surface area contributed by atoms with Gasteiger partial charge in [-0.2, -0.15) is 0 Å². The van der Waals surface area contributed by atoms with Crippen molar-refractivity contribution < 1.29 is 9.72 Å². The van der Waals surface area contributed by atoms with E-state index >= 15 is 0 Å². The second-order valence-corrected chi connectivity index (χ2v) is 5.35. The van der Waals surface area contributed by atoms with E-state index in [9.17, 15) is 14.9 Å². The van der Waals surface area contributed by atoms with Crippen molar-refractivity contribution in [3.05, 3.63) is 38.9 Å². The number of carbonyl (C=O) groups excluding carboxylic acids is 1. The number of nitro groups is 1. The van der Waals surface area contributed by atoms with Crippen molar-refractivity contribution in [1.29, 1.82) is 0 Å². The van der Waals surface area contributed by atoms with Crippen LogP contribution in [0.4, 0.5) is 5.69 Å². The van der Waals surface area contributed by atoms with Crippen LogP contribution in [0, 0.1) is 10.1 Å². The lowest BCUT2D eigenvalue weighted by atomic mass is 10.1. The minimum absolute atomic E-state index is 0.108. The molecule has 0 saturated heterocycles. The Labute approximate surface area is 130 Å². The zero-order valence-corrected chi connectivity index (χ0v) is 13.2. The number of halogens is 1. The van der Waals surface area contributed by atoms with Gasteiger partial charge in [-0.1, -0.05) is 38.3 Å². The molecule has 0 aliphatic rings. The second-order valence-electron chi connectivity index (χ2n) is 4.92. The van der Waals surface area contributed by atoms with Gasteiger partial charge in [-0.3, -0.25) is 14.9 Å². The van der Waals surface area contributed by atoms with E-state index in [0.29, 0.717) is 13.1 Å². The molecule has 0 unspecified atom stereocenters. The van der Waals surface area contributed by atoms with Crippen LogP contribution in [0.1, 0.15) is 49.9 Å². The molecule has 0 saturated carbocycles. The van der Waals surface area contributed by atoms with Crippen molar-refractivity contribution in [3.8, 4) is 0 Å². The highest BCUT2D eigenvalue weighted by molar-refractivity contribution is 6.31. The number of benzene rings is 1. The normalized spacial score (nSPS) is 10.4. The minimum Gasteiger partial charge on any atom is -0.338 e. The van der Waals surface area contributed by atoms with Crippen molar-refractivity contribution >= 4 is 23.2 Å². The third kappa shape index (κ3) is 5.01. The predicted octanol–water partition coefficient (Wildman–Crippen LogP) is 4.29. The first kappa shape index (κ1) is 17.4. The fourth-order valence-electron chi connectivity index (χ4n) is 2.02. The average molecular weight is 313 g/mol. The van der Waals surface area contributed by atoms with E-state index in [0.717, 1.165) is 25.7 Å². The molecule has 0 atom stereocenters. The molecule has 116 valence electrons. The van der Waals surface area contributed by atoms with E-state index < -0.39 is 4.92 Å². The van der Waals surface area contributed by atoms with Crippen LogP contribution >= 0.6 is 11.6 Å². The van der Waals surface area contributed by atoms with Gasteiger partial charge in [-0.05, 0) is 25.0 Å². The second kappa shape index (κ2) is 8.62. The zero-order chi connectivity index (χ0) is 15.8. The summed E-state index contributed by atoms with van der Waals surface area (Å²) in [5, 5.41) is 11.4. The first-order chi connectivity index (χ1) is 10.0. The number of nitrogens with zero attached hydrogens (tertiary/aromatic N) is 2. The lowest BCUT2D eigenvalue weighted by Gasteiger charge is -2.22. The first-order valence-electron chi connectivity index (χ1n) is 7.24. The molecule has 0 heterocycles. The van der Waals surface area contributed by atoms with Gasteiger partial charge >= 0.3 is 0 Å². The maximum absolute atomic E-state index is 12.6. The smallest absolute Gasteiger partial charge is 0.283 e. The summed E-state index contributed by atoms with van der Waals surface area (Å²) in [7, 11) is 0. The van der Waals surface area contributed by atoms with Crippen molar-refractivity contribution in [2.45, 2.75) is 39.5 Å². The molecule has 0 aromatic heterocycles. The SMILES string of the molecule is CCCCN(CCCC)C(=O)c1ccc(Cl)cc1[N+](=O)[O-]. The third-order valence-corrected chi connectivity index (χ3v) is 3.47. The van der Waals surface area contributed by atoms with Gasteiger partial charge in [0.2, 0.25) is 0 Å². The van der Waals surface area contributed by atoms with Crippen molar-refractivity contribution in [1.82, 2.24) is 4.90 Å². The largest absolute Gasteiger partial charge is 0.338 e. The predicted molar refractivity (Wildman–Crippen MR) is 83.8 cm³/mol. The van der Waals surface area contributed by atoms with Crippen LogP contribution < -0.4 is 0 Å². The highest BCUT2D eigenvalue weighted by atomic mass is 35.5. The minimum atomic E-state index is -0.559. The highest BCUT2D eigenvalue weighted by Crippen LogP contribution is 2.24. The van der Waals surface area contributed by atoms with E-state index in [-0.39, 0.29) is 22.2 Å². The summed E-state index contributed by atoms with van der Waals surface area (Å²) in [5.41, 5.74) is -0.123. The van der Waals surface area contributed by atoms with Crippen molar-refractivity contribution in [2.24, 2.45) is 0 Å². The Balaban J connectivity index is 3.04. The van der Waals surface area contributed by atoms with Crippen LogP contribution in [0.5, 0.6) is 0 Å². The van der Waals surface area contributed by atoms with Crippen LogP contribution in [0.3, 0.4) is 0 Å². The number of rotatable bonds is 8. The quantitative estimate of drug-likeness (QED) is 0.531.